The predicted molar refractivity (Wildman–Crippen MR) is 55.8 cm³/mol. The van der Waals surface area contributed by atoms with Gasteiger partial charge in [0, 0.05) is 12.2 Å². The van der Waals surface area contributed by atoms with Crippen LogP contribution in [-0.4, -0.2) is 13.1 Å². The molecule has 1 saturated heterocycles. The number of hydrogen-bond donors (Lipinski definition) is 2. The van der Waals surface area contributed by atoms with Gasteiger partial charge in [0.1, 0.15) is 0 Å². The average Bonchev–Trinajstić information content (AvgIpc) is 2.56. The molecule has 1 aliphatic rings. The normalized spacial score (nSPS) is 22.1. The molecule has 2 rings (SSSR count). The number of nitrogens with one attached hydrogen (secondary N) is 1. The second kappa shape index (κ2) is 3.38. The summed E-state index contributed by atoms with van der Waals surface area (Å²) in [7, 11) is 0. The van der Waals surface area contributed by atoms with E-state index in [1.807, 2.05) is 6.07 Å². The molecule has 0 aromatic heterocycles. The first-order chi connectivity index (χ1) is 6.27. The van der Waals surface area contributed by atoms with Crippen molar-refractivity contribution in [2.75, 3.05) is 18.8 Å². The highest BCUT2D eigenvalue weighted by Crippen LogP contribution is 2.26. The van der Waals surface area contributed by atoms with E-state index in [1.165, 1.54) is 17.5 Å². The van der Waals surface area contributed by atoms with Crippen molar-refractivity contribution in [2.24, 2.45) is 0 Å². The zero-order chi connectivity index (χ0) is 9.26. The summed E-state index contributed by atoms with van der Waals surface area (Å²) in [6.07, 6.45) is 1.25. The molecule has 0 radical (unpaired) electrons. The summed E-state index contributed by atoms with van der Waals surface area (Å²) in [4.78, 5) is 0. The minimum Gasteiger partial charge on any atom is -0.399 e. The Morgan fingerprint density at radius 3 is 2.92 bits per heavy atom. The standard InChI is InChI=1S/C11H16N2/c1-8-6-10(12)2-3-11(8)9-4-5-13-7-9/h2-3,6,9,13H,4-5,7,12H2,1H3. The summed E-state index contributed by atoms with van der Waals surface area (Å²) >= 11 is 0. The molecule has 0 spiro atoms. The molecule has 2 nitrogen and oxygen atoms in total. The summed E-state index contributed by atoms with van der Waals surface area (Å²) in [5, 5.41) is 3.38. The second-order valence-corrected chi connectivity index (χ2v) is 3.81. The van der Waals surface area contributed by atoms with E-state index < -0.39 is 0 Å². The number of rotatable bonds is 1. The number of nitrogens with two attached hydrogens (primary N) is 1. The van der Waals surface area contributed by atoms with Crippen molar-refractivity contribution in [1.29, 1.82) is 0 Å². The molecule has 2 heteroatoms. The molecule has 1 unspecified atom stereocenters. The third-order valence-electron chi connectivity index (χ3n) is 2.79. The maximum Gasteiger partial charge on any atom is 0.0316 e. The van der Waals surface area contributed by atoms with Crippen LogP contribution >= 0.6 is 0 Å². The number of hydrogen-bond acceptors (Lipinski definition) is 2. The first-order valence-corrected chi connectivity index (χ1v) is 4.84. The van der Waals surface area contributed by atoms with Crippen molar-refractivity contribution in [3.63, 3.8) is 0 Å². The fourth-order valence-electron chi connectivity index (χ4n) is 2.08. The van der Waals surface area contributed by atoms with Gasteiger partial charge >= 0.3 is 0 Å². The molecule has 1 fully saturated rings. The largest absolute Gasteiger partial charge is 0.399 e. The lowest BCUT2D eigenvalue weighted by molar-refractivity contribution is 0.757. The van der Waals surface area contributed by atoms with Crippen LogP contribution in [0.5, 0.6) is 0 Å². The molecule has 3 N–H and O–H groups in total. The lowest BCUT2D eigenvalue weighted by atomic mass is 9.94. The van der Waals surface area contributed by atoms with Crippen LogP contribution < -0.4 is 11.1 Å². The molecular formula is C11H16N2. The van der Waals surface area contributed by atoms with Crippen LogP contribution in [0.15, 0.2) is 18.2 Å². The highest BCUT2D eigenvalue weighted by molar-refractivity contribution is 5.45. The van der Waals surface area contributed by atoms with Gasteiger partial charge in [-0.05, 0) is 49.1 Å². The molecule has 0 saturated carbocycles. The van der Waals surface area contributed by atoms with E-state index in [-0.39, 0.29) is 0 Å². The third-order valence-corrected chi connectivity index (χ3v) is 2.79. The number of aryl methyl sites for hydroxylation is 1. The molecule has 0 aliphatic carbocycles. The Morgan fingerprint density at radius 2 is 2.31 bits per heavy atom. The summed E-state index contributed by atoms with van der Waals surface area (Å²) in [6, 6.07) is 6.23. The molecular weight excluding hydrogens is 160 g/mol. The van der Waals surface area contributed by atoms with Gasteiger partial charge in [0.15, 0.2) is 0 Å². The highest BCUT2D eigenvalue weighted by atomic mass is 14.9. The maximum absolute atomic E-state index is 5.71. The molecule has 0 bridgehead atoms. The van der Waals surface area contributed by atoms with Crippen molar-refractivity contribution in [1.82, 2.24) is 5.32 Å². The van der Waals surface area contributed by atoms with Crippen LogP contribution in [0.2, 0.25) is 0 Å². The monoisotopic (exact) mass is 176 g/mol. The Morgan fingerprint density at radius 1 is 1.46 bits per heavy atom. The summed E-state index contributed by atoms with van der Waals surface area (Å²) < 4.78 is 0. The minimum absolute atomic E-state index is 0.695. The van der Waals surface area contributed by atoms with Gasteiger partial charge in [0.05, 0.1) is 0 Å². The number of benzene rings is 1. The average molecular weight is 176 g/mol. The van der Waals surface area contributed by atoms with Gasteiger partial charge in [-0.15, -0.1) is 0 Å². The Kier molecular flexibility index (Phi) is 2.23. The maximum atomic E-state index is 5.71. The van der Waals surface area contributed by atoms with Crippen molar-refractivity contribution in [3.05, 3.63) is 29.3 Å². The molecule has 1 aliphatic heterocycles. The van der Waals surface area contributed by atoms with E-state index >= 15 is 0 Å². The van der Waals surface area contributed by atoms with Crippen molar-refractivity contribution >= 4 is 5.69 Å². The molecule has 1 aromatic carbocycles. The molecule has 1 heterocycles. The highest BCUT2D eigenvalue weighted by Gasteiger charge is 2.17. The van der Waals surface area contributed by atoms with Gasteiger partial charge in [0.25, 0.3) is 0 Å². The van der Waals surface area contributed by atoms with Crippen LogP contribution in [0.3, 0.4) is 0 Å². The lowest BCUT2D eigenvalue weighted by Crippen LogP contribution is -2.08. The zero-order valence-electron chi connectivity index (χ0n) is 8.01. The Balaban J connectivity index is 2.29. The molecule has 0 amide bonds. The summed E-state index contributed by atoms with van der Waals surface area (Å²) in [5.74, 6) is 0.695. The van der Waals surface area contributed by atoms with Crippen LogP contribution in [-0.2, 0) is 0 Å². The fraction of sp³-hybridized carbons (Fsp3) is 0.455. The smallest absolute Gasteiger partial charge is 0.0316 e. The minimum atomic E-state index is 0.695. The van der Waals surface area contributed by atoms with Crippen molar-refractivity contribution in [3.8, 4) is 0 Å². The topological polar surface area (TPSA) is 38.0 Å². The SMILES string of the molecule is Cc1cc(N)ccc1C1CCNC1. The first kappa shape index (κ1) is 8.57. The molecule has 70 valence electrons. The van der Waals surface area contributed by atoms with E-state index in [9.17, 15) is 0 Å². The Labute approximate surface area is 79.1 Å². The fourth-order valence-corrected chi connectivity index (χ4v) is 2.08. The Bertz CT molecular complexity index is 301. The van der Waals surface area contributed by atoms with E-state index in [1.54, 1.807) is 0 Å². The quantitative estimate of drug-likeness (QED) is 0.638. The van der Waals surface area contributed by atoms with Gasteiger partial charge in [-0.2, -0.15) is 0 Å². The van der Waals surface area contributed by atoms with Crippen molar-refractivity contribution in [2.45, 2.75) is 19.3 Å². The van der Waals surface area contributed by atoms with Gasteiger partial charge < -0.3 is 11.1 Å². The molecule has 1 atom stereocenters. The zero-order valence-corrected chi connectivity index (χ0v) is 8.01. The number of anilines is 1. The van der Waals surface area contributed by atoms with Crippen LogP contribution in [0.4, 0.5) is 5.69 Å². The first-order valence-electron chi connectivity index (χ1n) is 4.84. The van der Waals surface area contributed by atoms with Gasteiger partial charge in [-0.1, -0.05) is 6.07 Å². The van der Waals surface area contributed by atoms with E-state index in [0.29, 0.717) is 5.92 Å². The summed E-state index contributed by atoms with van der Waals surface area (Å²) in [5.41, 5.74) is 9.36. The molecule has 1 aromatic rings. The predicted octanol–water partition coefficient (Wildman–Crippen LogP) is 1.65. The lowest BCUT2D eigenvalue weighted by Gasteiger charge is -2.12. The van der Waals surface area contributed by atoms with Crippen molar-refractivity contribution < 1.29 is 0 Å². The van der Waals surface area contributed by atoms with Gasteiger partial charge in [0.2, 0.25) is 0 Å². The van der Waals surface area contributed by atoms with Gasteiger partial charge in [-0.3, -0.25) is 0 Å². The third kappa shape index (κ3) is 1.68. The molecule has 13 heavy (non-hydrogen) atoms. The van der Waals surface area contributed by atoms with E-state index in [2.05, 4.69) is 24.4 Å². The Hall–Kier alpha value is -1.02. The van der Waals surface area contributed by atoms with Gasteiger partial charge in [-0.25, -0.2) is 0 Å². The van der Waals surface area contributed by atoms with Crippen LogP contribution in [0, 0.1) is 6.92 Å². The van der Waals surface area contributed by atoms with E-state index in [4.69, 9.17) is 5.73 Å². The number of nitrogen functional groups attached to an aromatic ring is 1. The van der Waals surface area contributed by atoms with Crippen LogP contribution in [0.25, 0.3) is 0 Å². The summed E-state index contributed by atoms with van der Waals surface area (Å²) in [6.45, 7) is 4.41. The second-order valence-electron chi connectivity index (χ2n) is 3.81. The van der Waals surface area contributed by atoms with Crippen LogP contribution in [0.1, 0.15) is 23.5 Å². The van der Waals surface area contributed by atoms with E-state index in [0.717, 1.165) is 18.8 Å².